The van der Waals surface area contributed by atoms with Crippen molar-refractivity contribution in [1.82, 2.24) is 0 Å². The summed E-state index contributed by atoms with van der Waals surface area (Å²) in [6.45, 7) is 1.36. The molecule has 0 atom stereocenters. The molecule has 0 fully saturated rings. The molecule has 0 aliphatic rings. The molecule has 4 nitrogen and oxygen atoms in total. The first-order valence-electron chi connectivity index (χ1n) is 3.34. The highest BCUT2D eigenvalue weighted by molar-refractivity contribution is 5.93. The summed E-state index contributed by atoms with van der Waals surface area (Å²) in [5.41, 5.74) is 0. The van der Waals surface area contributed by atoms with Crippen LogP contribution >= 0.6 is 0 Å². The Morgan fingerprint density at radius 1 is 1.33 bits per heavy atom. The zero-order valence-corrected chi connectivity index (χ0v) is 6.79. The van der Waals surface area contributed by atoms with Gasteiger partial charge in [0.25, 0.3) is 0 Å². The van der Waals surface area contributed by atoms with Crippen LogP contribution < -0.4 is 0 Å². The molecular formula is C8H8O4. The van der Waals surface area contributed by atoms with Crippen molar-refractivity contribution in [2.24, 2.45) is 0 Å². The lowest BCUT2D eigenvalue weighted by molar-refractivity contribution is 0.0563. The molecule has 0 unspecified atom stereocenters. The van der Waals surface area contributed by atoms with Crippen molar-refractivity contribution in [2.45, 2.75) is 6.92 Å². The van der Waals surface area contributed by atoms with Crippen LogP contribution in [-0.2, 0) is 4.74 Å². The predicted molar refractivity (Wildman–Crippen MR) is 40.1 cm³/mol. The molecule has 0 N–H and O–H groups in total. The zero-order chi connectivity index (χ0) is 9.14. The molecule has 1 aromatic heterocycles. The molecule has 0 saturated heterocycles. The van der Waals surface area contributed by atoms with Gasteiger partial charge in [-0.05, 0) is 12.1 Å². The van der Waals surface area contributed by atoms with Crippen molar-refractivity contribution in [3.05, 3.63) is 23.7 Å². The quantitative estimate of drug-likeness (QED) is 0.492. The van der Waals surface area contributed by atoms with E-state index in [9.17, 15) is 9.59 Å². The summed E-state index contributed by atoms with van der Waals surface area (Å²) in [5.74, 6) is -0.592. The van der Waals surface area contributed by atoms with E-state index >= 15 is 0 Å². The van der Waals surface area contributed by atoms with Gasteiger partial charge in [0.05, 0.1) is 7.11 Å². The summed E-state index contributed by atoms with van der Waals surface area (Å²) >= 11 is 0. The summed E-state index contributed by atoms with van der Waals surface area (Å²) in [6.07, 6.45) is 0. The van der Waals surface area contributed by atoms with Gasteiger partial charge < -0.3 is 9.15 Å². The maximum Gasteiger partial charge on any atom is 0.373 e. The first kappa shape index (κ1) is 8.52. The molecule has 0 amide bonds. The Morgan fingerprint density at radius 2 is 1.92 bits per heavy atom. The first-order valence-corrected chi connectivity index (χ1v) is 3.34. The van der Waals surface area contributed by atoms with Gasteiger partial charge in [-0.2, -0.15) is 0 Å². The summed E-state index contributed by atoms with van der Waals surface area (Å²) < 4.78 is 9.26. The normalized spacial score (nSPS) is 9.50. The number of furan rings is 1. The number of rotatable bonds is 2. The van der Waals surface area contributed by atoms with Gasteiger partial charge >= 0.3 is 5.97 Å². The third-order valence-electron chi connectivity index (χ3n) is 1.34. The van der Waals surface area contributed by atoms with Gasteiger partial charge in [-0.25, -0.2) is 4.79 Å². The average molecular weight is 168 g/mol. The molecule has 1 aromatic rings. The van der Waals surface area contributed by atoms with Crippen LogP contribution in [0.25, 0.3) is 0 Å². The van der Waals surface area contributed by atoms with E-state index in [0.717, 1.165) is 0 Å². The van der Waals surface area contributed by atoms with Crippen LogP contribution in [0.3, 0.4) is 0 Å². The molecule has 0 aliphatic heterocycles. The third-order valence-corrected chi connectivity index (χ3v) is 1.34. The number of hydrogen-bond acceptors (Lipinski definition) is 4. The van der Waals surface area contributed by atoms with Crippen LogP contribution in [0.1, 0.15) is 28.0 Å². The Balaban J connectivity index is 2.91. The summed E-state index contributed by atoms with van der Waals surface area (Å²) in [5, 5.41) is 0. The van der Waals surface area contributed by atoms with Crippen LogP contribution in [0.2, 0.25) is 0 Å². The molecule has 0 aliphatic carbocycles. The molecule has 1 rings (SSSR count). The fourth-order valence-corrected chi connectivity index (χ4v) is 0.737. The van der Waals surface area contributed by atoms with E-state index in [2.05, 4.69) is 4.74 Å². The minimum Gasteiger partial charge on any atom is -0.463 e. The number of carbonyl (C=O) groups is 2. The molecule has 12 heavy (non-hydrogen) atoms. The van der Waals surface area contributed by atoms with Crippen molar-refractivity contribution >= 4 is 11.8 Å². The standard InChI is InChI=1S/C8H8O4/c1-5(9)6-3-4-7(12-6)8(10)11-2/h3-4H,1-2H3. The second-order valence-corrected chi connectivity index (χ2v) is 2.21. The van der Waals surface area contributed by atoms with Gasteiger partial charge in [0.15, 0.2) is 11.5 Å². The van der Waals surface area contributed by atoms with Gasteiger partial charge in [-0.15, -0.1) is 0 Å². The molecule has 4 heteroatoms. The minimum atomic E-state index is -0.581. The SMILES string of the molecule is COC(=O)c1ccc(C(C)=O)o1. The van der Waals surface area contributed by atoms with Crippen molar-refractivity contribution in [2.75, 3.05) is 7.11 Å². The van der Waals surface area contributed by atoms with Crippen LogP contribution in [-0.4, -0.2) is 18.9 Å². The van der Waals surface area contributed by atoms with Crippen molar-refractivity contribution < 1.29 is 18.7 Å². The zero-order valence-electron chi connectivity index (χ0n) is 6.79. The molecule has 0 bridgehead atoms. The molecule has 0 radical (unpaired) electrons. The van der Waals surface area contributed by atoms with Gasteiger partial charge in [0, 0.05) is 6.92 Å². The van der Waals surface area contributed by atoms with E-state index in [-0.39, 0.29) is 17.3 Å². The highest BCUT2D eigenvalue weighted by Crippen LogP contribution is 2.08. The second kappa shape index (κ2) is 3.21. The van der Waals surface area contributed by atoms with E-state index < -0.39 is 5.97 Å². The van der Waals surface area contributed by atoms with E-state index in [1.807, 2.05) is 0 Å². The highest BCUT2D eigenvalue weighted by atomic mass is 16.5. The maximum atomic E-state index is 10.8. The van der Waals surface area contributed by atoms with Crippen LogP contribution in [0.15, 0.2) is 16.5 Å². The lowest BCUT2D eigenvalue weighted by Crippen LogP contribution is -1.98. The monoisotopic (exact) mass is 168 g/mol. The third kappa shape index (κ3) is 1.53. The van der Waals surface area contributed by atoms with Crippen LogP contribution in [0, 0.1) is 0 Å². The van der Waals surface area contributed by atoms with Crippen LogP contribution in [0.5, 0.6) is 0 Å². The molecule has 0 aromatic carbocycles. The molecule has 64 valence electrons. The number of hydrogen-bond donors (Lipinski definition) is 0. The fraction of sp³-hybridized carbons (Fsp3) is 0.250. The molecule has 1 heterocycles. The summed E-state index contributed by atoms with van der Waals surface area (Å²) in [4.78, 5) is 21.5. The Morgan fingerprint density at radius 3 is 2.33 bits per heavy atom. The number of ketones is 1. The average Bonchev–Trinajstić information content (AvgIpc) is 2.51. The van der Waals surface area contributed by atoms with E-state index in [1.165, 1.54) is 26.2 Å². The number of Topliss-reactive ketones (excluding diaryl/α,β-unsaturated/α-hetero) is 1. The molecule has 0 spiro atoms. The van der Waals surface area contributed by atoms with Crippen molar-refractivity contribution in [3.63, 3.8) is 0 Å². The minimum absolute atomic E-state index is 0.0442. The lowest BCUT2D eigenvalue weighted by atomic mass is 10.3. The van der Waals surface area contributed by atoms with Gasteiger partial charge in [0.1, 0.15) is 0 Å². The number of esters is 1. The molecular weight excluding hydrogens is 160 g/mol. The first-order chi connectivity index (χ1) is 5.65. The number of ether oxygens (including phenoxy) is 1. The number of methoxy groups -OCH3 is 1. The van der Waals surface area contributed by atoms with Gasteiger partial charge in [0.2, 0.25) is 5.76 Å². The molecule has 0 saturated carbocycles. The Bertz CT molecular complexity index is 311. The Kier molecular flexibility index (Phi) is 2.28. The van der Waals surface area contributed by atoms with E-state index in [0.29, 0.717) is 0 Å². The topological polar surface area (TPSA) is 56.5 Å². The van der Waals surface area contributed by atoms with E-state index in [1.54, 1.807) is 0 Å². The summed E-state index contributed by atoms with van der Waals surface area (Å²) in [7, 11) is 1.25. The lowest BCUT2D eigenvalue weighted by Gasteiger charge is -1.91. The largest absolute Gasteiger partial charge is 0.463 e. The van der Waals surface area contributed by atoms with Gasteiger partial charge in [-0.3, -0.25) is 4.79 Å². The van der Waals surface area contributed by atoms with E-state index in [4.69, 9.17) is 4.42 Å². The van der Waals surface area contributed by atoms with Crippen molar-refractivity contribution in [1.29, 1.82) is 0 Å². The second-order valence-electron chi connectivity index (χ2n) is 2.21. The van der Waals surface area contributed by atoms with Crippen LogP contribution in [0.4, 0.5) is 0 Å². The predicted octanol–water partition coefficient (Wildman–Crippen LogP) is 1.27. The Hall–Kier alpha value is -1.58. The smallest absolute Gasteiger partial charge is 0.373 e. The highest BCUT2D eigenvalue weighted by Gasteiger charge is 2.12. The fourth-order valence-electron chi connectivity index (χ4n) is 0.737. The van der Waals surface area contributed by atoms with Crippen molar-refractivity contribution in [3.8, 4) is 0 Å². The summed E-state index contributed by atoms with van der Waals surface area (Å²) in [6, 6.07) is 2.84. The van der Waals surface area contributed by atoms with Gasteiger partial charge in [-0.1, -0.05) is 0 Å². The maximum absolute atomic E-state index is 10.8. The number of carbonyl (C=O) groups excluding carboxylic acids is 2. The Labute approximate surface area is 69.1 Å².